The van der Waals surface area contributed by atoms with Crippen molar-refractivity contribution in [2.75, 3.05) is 13.1 Å². The normalized spacial score (nSPS) is 19.1. The van der Waals surface area contributed by atoms with Crippen LogP contribution in [-0.2, 0) is 22.2 Å². The van der Waals surface area contributed by atoms with E-state index in [4.69, 9.17) is 5.73 Å². The van der Waals surface area contributed by atoms with E-state index < -0.39 is 23.6 Å². The van der Waals surface area contributed by atoms with Crippen molar-refractivity contribution in [1.82, 2.24) is 4.90 Å². The summed E-state index contributed by atoms with van der Waals surface area (Å²) < 4.78 is 37.8. The monoisotopic (exact) mass is 300 g/mol. The van der Waals surface area contributed by atoms with E-state index in [-0.39, 0.29) is 25.4 Å². The molecular weight excluding hydrogens is 285 g/mol. The quantitative estimate of drug-likeness (QED) is 0.917. The molecule has 2 N–H and O–H groups in total. The molecule has 1 unspecified atom stereocenters. The fraction of sp³-hybridized carbons (Fsp3) is 0.429. The average Bonchev–Trinajstić information content (AvgIpc) is 2.77. The van der Waals surface area contributed by atoms with Gasteiger partial charge in [-0.25, -0.2) is 0 Å². The highest BCUT2D eigenvalue weighted by Crippen LogP contribution is 2.29. The van der Waals surface area contributed by atoms with Crippen LogP contribution in [-0.4, -0.2) is 29.8 Å². The number of hydrogen-bond acceptors (Lipinski definition) is 2. The number of primary amides is 1. The molecule has 1 atom stereocenters. The molecule has 21 heavy (non-hydrogen) atoms. The molecule has 0 saturated carbocycles. The van der Waals surface area contributed by atoms with Gasteiger partial charge >= 0.3 is 6.18 Å². The van der Waals surface area contributed by atoms with E-state index in [1.165, 1.54) is 11.0 Å². The fourth-order valence-electron chi connectivity index (χ4n) is 2.35. The molecule has 1 fully saturated rings. The first-order chi connectivity index (χ1) is 9.77. The summed E-state index contributed by atoms with van der Waals surface area (Å²) in [6, 6.07) is 5.01. The standard InChI is InChI=1S/C14H15F3N2O2/c15-14(16,17)11-3-1-2-9(6-11)4-5-19-8-10(13(18)21)7-12(19)20/h1-3,6,10H,4-5,7-8H2,(H2,18,21). The van der Waals surface area contributed by atoms with Crippen molar-refractivity contribution in [3.8, 4) is 0 Å². The van der Waals surface area contributed by atoms with Gasteiger partial charge in [0.05, 0.1) is 11.5 Å². The van der Waals surface area contributed by atoms with Crippen molar-refractivity contribution in [2.24, 2.45) is 11.7 Å². The SMILES string of the molecule is NC(=O)C1CC(=O)N(CCc2cccc(C(F)(F)F)c2)C1. The van der Waals surface area contributed by atoms with Gasteiger partial charge in [-0.15, -0.1) is 0 Å². The first-order valence-corrected chi connectivity index (χ1v) is 6.50. The van der Waals surface area contributed by atoms with Crippen molar-refractivity contribution < 1.29 is 22.8 Å². The third kappa shape index (κ3) is 3.74. The summed E-state index contributed by atoms with van der Waals surface area (Å²) in [6.45, 7) is 0.525. The Morgan fingerprint density at radius 2 is 2.10 bits per heavy atom. The summed E-state index contributed by atoms with van der Waals surface area (Å²) in [5, 5.41) is 0. The molecule has 2 rings (SSSR count). The number of alkyl halides is 3. The highest BCUT2D eigenvalue weighted by molar-refractivity contribution is 5.88. The van der Waals surface area contributed by atoms with Crippen LogP contribution in [0.1, 0.15) is 17.5 Å². The Bertz CT molecular complexity index is 557. The van der Waals surface area contributed by atoms with Crippen molar-refractivity contribution in [1.29, 1.82) is 0 Å². The number of amides is 2. The van der Waals surface area contributed by atoms with Crippen molar-refractivity contribution in [3.63, 3.8) is 0 Å². The second-order valence-corrected chi connectivity index (χ2v) is 5.09. The Labute approximate surface area is 119 Å². The number of halogens is 3. The fourth-order valence-corrected chi connectivity index (χ4v) is 2.35. The molecule has 1 saturated heterocycles. The molecule has 1 heterocycles. The summed E-state index contributed by atoms with van der Waals surface area (Å²) in [6.07, 6.45) is -3.99. The molecule has 1 aliphatic rings. The third-order valence-electron chi connectivity index (χ3n) is 3.54. The number of likely N-dealkylation sites (tertiary alicyclic amines) is 1. The van der Waals surface area contributed by atoms with Crippen LogP contribution in [0.3, 0.4) is 0 Å². The minimum atomic E-state index is -4.38. The van der Waals surface area contributed by atoms with E-state index in [9.17, 15) is 22.8 Å². The topological polar surface area (TPSA) is 63.4 Å². The van der Waals surface area contributed by atoms with Gasteiger partial charge < -0.3 is 10.6 Å². The molecule has 4 nitrogen and oxygen atoms in total. The summed E-state index contributed by atoms with van der Waals surface area (Å²) in [5.41, 5.74) is 4.95. The zero-order valence-electron chi connectivity index (χ0n) is 11.2. The van der Waals surface area contributed by atoms with Crippen molar-refractivity contribution in [3.05, 3.63) is 35.4 Å². The van der Waals surface area contributed by atoms with Gasteiger partial charge in [0, 0.05) is 19.5 Å². The predicted molar refractivity (Wildman–Crippen MR) is 69.0 cm³/mol. The van der Waals surface area contributed by atoms with Crippen LogP contribution in [0.5, 0.6) is 0 Å². The number of benzene rings is 1. The molecule has 0 bridgehead atoms. The van der Waals surface area contributed by atoms with E-state index in [2.05, 4.69) is 0 Å². The van der Waals surface area contributed by atoms with E-state index >= 15 is 0 Å². The van der Waals surface area contributed by atoms with Crippen molar-refractivity contribution in [2.45, 2.75) is 19.0 Å². The summed E-state index contributed by atoms with van der Waals surface area (Å²) in [7, 11) is 0. The zero-order chi connectivity index (χ0) is 15.6. The number of nitrogens with zero attached hydrogens (tertiary/aromatic N) is 1. The van der Waals surface area contributed by atoms with E-state index in [1.54, 1.807) is 6.07 Å². The van der Waals surface area contributed by atoms with Crippen LogP contribution >= 0.6 is 0 Å². The molecule has 0 spiro atoms. The van der Waals surface area contributed by atoms with Gasteiger partial charge in [-0.2, -0.15) is 13.2 Å². The molecule has 2 amide bonds. The molecular formula is C14H15F3N2O2. The van der Waals surface area contributed by atoms with Crippen molar-refractivity contribution >= 4 is 11.8 Å². The van der Waals surface area contributed by atoms with Crippen LogP contribution < -0.4 is 5.73 Å². The van der Waals surface area contributed by atoms with Gasteiger partial charge in [0.2, 0.25) is 11.8 Å². The van der Waals surface area contributed by atoms with Crippen LogP contribution in [0.25, 0.3) is 0 Å². The Kier molecular flexibility index (Phi) is 4.20. The van der Waals surface area contributed by atoms with Crippen LogP contribution in [0.15, 0.2) is 24.3 Å². The third-order valence-corrected chi connectivity index (χ3v) is 3.54. The Morgan fingerprint density at radius 1 is 1.38 bits per heavy atom. The van der Waals surface area contributed by atoms with Gasteiger partial charge in [0.1, 0.15) is 0 Å². The average molecular weight is 300 g/mol. The molecule has 0 aromatic heterocycles. The lowest BCUT2D eigenvalue weighted by Crippen LogP contribution is -2.30. The van der Waals surface area contributed by atoms with Gasteiger partial charge in [0.15, 0.2) is 0 Å². The second kappa shape index (κ2) is 5.75. The van der Waals surface area contributed by atoms with Crippen LogP contribution in [0.4, 0.5) is 13.2 Å². The number of rotatable bonds is 4. The minimum Gasteiger partial charge on any atom is -0.369 e. The van der Waals surface area contributed by atoms with Gasteiger partial charge in [0.25, 0.3) is 0 Å². The molecule has 1 aromatic carbocycles. The van der Waals surface area contributed by atoms with Crippen LogP contribution in [0.2, 0.25) is 0 Å². The Balaban J connectivity index is 1.98. The highest BCUT2D eigenvalue weighted by atomic mass is 19.4. The number of carbonyl (C=O) groups is 2. The lowest BCUT2D eigenvalue weighted by molar-refractivity contribution is -0.137. The zero-order valence-corrected chi connectivity index (χ0v) is 11.2. The van der Waals surface area contributed by atoms with E-state index in [1.807, 2.05) is 0 Å². The molecule has 1 aliphatic heterocycles. The molecule has 0 aliphatic carbocycles. The maximum atomic E-state index is 12.6. The van der Waals surface area contributed by atoms with Gasteiger partial charge in [-0.3, -0.25) is 9.59 Å². The maximum absolute atomic E-state index is 12.6. The van der Waals surface area contributed by atoms with Gasteiger partial charge in [-0.1, -0.05) is 18.2 Å². The summed E-state index contributed by atoms with van der Waals surface area (Å²) >= 11 is 0. The van der Waals surface area contributed by atoms with Gasteiger partial charge in [-0.05, 0) is 18.1 Å². The Hall–Kier alpha value is -2.05. The predicted octanol–water partition coefficient (Wildman–Crippen LogP) is 1.58. The first-order valence-electron chi connectivity index (χ1n) is 6.50. The highest BCUT2D eigenvalue weighted by Gasteiger charge is 2.33. The van der Waals surface area contributed by atoms with E-state index in [0.717, 1.165) is 12.1 Å². The minimum absolute atomic E-state index is 0.0813. The molecule has 7 heteroatoms. The first kappa shape index (κ1) is 15.3. The van der Waals surface area contributed by atoms with E-state index in [0.29, 0.717) is 12.0 Å². The summed E-state index contributed by atoms with van der Waals surface area (Å²) in [4.78, 5) is 24.2. The smallest absolute Gasteiger partial charge is 0.369 e. The molecule has 114 valence electrons. The number of nitrogens with two attached hydrogens (primary N) is 1. The Morgan fingerprint density at radius 3 is 2.67 bits per heavy atom. The molecule has 1 aromatic rings. The lowest BCUT2D eigenvalue weighted by Gasteiger charge is -2.16. The lowest BCUT2D eigenvalue weighted by atomic mass is 10.1. The van der Waals surface area contributed by atoms with Crippen LogP contribution in [0, 0.1) is 5.92 Å². The largest absolute Gasteiger partial charge is 0.416 e. The second-order valence-electron chi connectivity index (χ2n) is 5.09. The maximum Gasteiger partial charge on any atom is 0.416 e. The number of hydrogen-bond donors (Lipinski definition) is 1. The number of carbonyl (C=O) groups excluding carboxylic acids is 2. The summed E-state index contributed by atoms with van der Waals surface area (Å²) in [5.74, 6) is -1.21. The molecule has 0 radical (unpaired) electrons.